The number of carboxylic acid groups (broad SMARTS) is 2. The van der Waals surface area contributed by atoms with E-state index in [4.69, 9.17) is 21.4 Å². The first-order valence-corrected chi connectivity index (χ1v) is 13.2. The molecule has 0 bridgehead atoms. The van der Waals surface area contributed by atoms with Gasteiger partial charge < -0.3 is 32.1 Å². The molecule has 0 aliphatic heterocycles. The van der Waals surface area contributed by atoms with Crippen LogP contribution < -0.4 is 21.1 Å². The van der Waals surface area contributed by atoms with E-state index in [-0.39, 0.29) is 34.3 Å². The van der Waals surface area contributed by atoms with Crippen molar-refractivity contribution in [3.8, 4) is 0 Å². The summed E-state index contributed by atoms with van der Waals surface area (Å²) in [5, 5.41) is 31.4. The van der Waals surface area contributed by atoms with E-state index in [1.54, 1.807) is 6.07 Å². The number of hydrogen-bond donors (Lipinski definition) is 7. The fourth-order valence-electron chi connectivity index (χ4n) is 3.40. The molecule has 38 heavy (non-hydrogen) atoms. The Bertz CT molecular complexity index is 1230. The summed E-state index contributed by atoms with van der Waals surface area (Å²) in [6.45, 7) is 0. The SMILES string of the molecule is CN=C(NC1CCCC(c2csc(NC(=N)N)n2)C1)NS(=O)(=O)c1cccnc1.O.O=C(O)/C=C\C(=O)O. The number of guanidine groups is 2. The highest BCUT2D eigenvalue weighted by molar-refractivity contribution is 7.90. The van der Waals surface area contributed by atoms with Crippen molar-refractivity contribution in [1.29, 1.82) is 5.41 Å². The summed E-state index contributed by atoms with van der Waals surface area (Å²) in [6.07, 6.45) is 7.63. The van der Waals surface area contributed by atoms with Crippen LogP contribution in [0, 0.1) is 5.41 Å². The second-order valence-electron chi connectivity index (χ2n) is 7.70. The second kappa shape index (κ2) is 15.2. The van der Waals surface area contributed by atoms with E-state index in [2.05, 4.69) is 30.3 Å². The number of aliphatic imine (C=N–C) groups is 1. The molecule has 0 spiro atoms. The molecule has 2 heterocycles. The lowest BCUT2D eigenvalue weighted by atomic mass is 9.84. The minimum atomic E-state index is -3.75. The Morgan fingerprint density at radius 1 is 1.26 bits per heavy atom. The molecule has 1 fully saturated rings. The van der Waals surface area contributed by atoms with Crippen molar-refractivity contribution < 1.29 is 33.7 Å². The maximum atomic E-state index is 12.5. The highest BCUT2D eigenvalue weighted by atomic mass is 32.2. The minimum absolute atomic E-state index is 0. The van der Waals surface area contributed by atoms with Gasteiger partial charge in [-0.15, -0.1) is 11.3 Å². The average Bonchev–Trinajstić information content (AvgIpc) is 3.31. The first-order chi connectivity index (χ1) is 17.5. The van der Waals surface area contributed by atoms with Gasteiger partial charge in [-0.2, -0.15) is 0 Å². The van der Waals surface area contributed by atoms with Gasteiger partial charge in [-0.3, -0.25) is 15.4 Å². The summed E-state index contributed by atoms with van der Waals surface area (Å²) < 4.78 is 27.5. The number of sulfonamides is 1. The molecule has 1 aliphatic carbocycles. The monoisotopic (exact) mass is 570 g/mol. The molecule has 17 heteroatoms. The Balaban J connectivity index is 0.000000699. The lowest BCUT2D eigenvalue weighted by molar-refractivity contribution is -0.134. The number of thiazole rings is 1. The van der Waals surface area contributed by atoms with Crippen molar-refractivity contribution in [3.05, 3.63) is 47.8 Å². The summed E-state index contributed by atoms with van der Waals surface area (Å²) in [6, 6.07) is 3.11. The zero-order valence-electron chi connectivity index (χ0n) is 20.3. The normalized spacial score (nSPS) is 17.3. The summed E-state index contributed by atoms with van der Waals surface area (Å²) in [7, 11) is -2.22. The van der Waals surface area contributed by atoms with Gasteiger partial charge in [0.25, 0.3) is 10.0 Å². The van der Waals surface area contributed by atoms with E-state index in [0.717, 1.165) is 31.4 Å². The van der Waals surface area contributed by atoms with Gasteiger partial charge in [0, 0.05) is 48.9 Å². The van der Waals surface area contributed by atoms with Crippen molar-refractivity contribution in [1.82, 2.24) is 20.0 Å². The fourth-order valence-corrected chi connectivity index (χ4v) is 5.19. The van der Waals surface area contributed by atoms with Gasteiger partial charge in [0.05, 0.1) is 5.69 Å². The van der Waals surface area contributed by atoms with Gasteiger partial charge in [0.2, 0.25) is 5.96 Å². The Labute approximate surface area is 222 Å². The maximum absolute atomic E-state index is 12.5. The highest BCUT2D eigenvalue weighted by Crippen LogP contribution is 2.34. The predicted molar refractivity (Wildman–Crippen MR) is 142 cm³/mol. The summed E-state index contributed by atoms with van der Waals surface area (Å²) in [5.41, 5.74) is 6.31. The highest BCUT2D eigenvalue weighted by Gasteiger charge is 2.27. The largest absolute Gasteiger partial charge is 0.478 e. The number of anilines is 1. The average molecular weight is 571 g/mol. The Morgan fingerprint density at radius 2 is 1.95 bits per heavy atom. The number of carbonyl (C=O) groups is 2. The minimum Gasteiger partial charge on any atom is -0.478 e. The Hall–Kier alpha value is -4.09. The number of nitrogens with zero attached hydrogens (tertiary/aromatic N) is 3. The topological polar surface area (TPSA) is 264 Å². The lowest BCUT2D eigenvalue weighted by Gasteiger charge is -2.30. The third-order valence-corrected chi connectivity index (χ3v) is 7.06. The van der Waals surface area contributed by atoms with Crippen LogP contribution in [-0.4, -0.2) is 71.0 Å². The first-order valence-electron chi connectivity index (χ1n) is 10.9. The van der Waals surface area contributed by atoms with Gasteiger partial charge in [-0.25, -0.2) is 27.7 Å². The fraction of sp³-hybridized carbons (Fsp3) is 0.333. The summed E-state index contributed by atoms with van der Waals surface area (Å²) in [4.78, 5) is 31.6. The van der Waals surface area contributed by atoms with Gasteiger partial charge >= 0.3 is 11.9 Å². The van der Waals surface area contributed by atoms with E-state index in [9.17, 15) is 18.0 Å². The van der Waals surface area contributed by atoms with E-state index in [1.807, 2.05) is 5.38 Å². The Kier molecular flexibility index (Phi) is 12.8. The van der Waals surface area contributed by atoms with Crippen LogP contribution in [0.5, 0.6) is 0 Å². The molecule has 3 rings (SSSR count). The van der Waals surface area contributed by atoms with Crippen LogP contribution in [-0.2, 0) is 19.6 Å². The number of pyridine rings is 1. The van der Waals surface area contributed by atoms with Gasteiger partial charge in [-0.05, 0) is 31.4 Å². The first kappa shape index (κ1) is 31.9. The molecule has 1 aliphatic rings. The lowest BCUT2D eigenvalue weighted by Crippen LogP contribution is -2.47. The van der Waals surface area contributed by atoms with Crippen molar-refractivity contribution in [2.24, 2.45) is 10.7 Å². The number of carboxylic acids is 2. The van der Waals surface area contributed by atoms with Crippen molar-refractivity contribution in [2.75, 3.05) is 12.4 Å². The molecule has 2 atom stereocenters. The van der Waals surface area contributed by atoms with Crippen LogP contribution in [0.25, 0.3) is 0 Å². The number of hydrogen-bond acceptors (Lipinski definition) is 9. The molecule has 15 nitrogen and oxygen atoms in total. The van der Waals surface area contributed by atoms with Crippen molar-refractivity contribution >= 4 is 50.3 Å². The third-order valence-electron chi connectivity index (χ3n) is 4.96. The van der Waals surface area contributed by atoms with Crippen molar-refractivity contribution in [3.63, 3.8) is 0 Å². The predicted octanol–water partition coefficient (Wildman–Crippen LogP) is 0.311. The molecule has 2 aromatic rings. The van der Waals surface area contributed by atoms with Gasteiger partial charge in [0.1, 0.15) is 4.90 Å². The molecule has 0 radical (unpaired) electrons. The standard InChI is InChI=1S/C17H24N8O2S2.C4H4O4.H2O/c1-20-16(25-29(26,27)13-6-3-7-21-9-13)22-12-5-2-4-11(8-12)14-10-28-17(23-14)24-15(18)19;5-3(6)1-2-4(7)8;/h3,6-7,9-12H,2,4-5,8H2,1H3,(H2,20,22,25)(H4,18,19,23,24);1-2H,(H,5,6)(H,7,8);1H2/b;2-1-;. The molecule has 1 saturated carbocycles. The van der Waals surface area contributed by atoms with E-state index in [1.165, 1.54) is 36.8 Å². The van der Waals surface area contributed by atoms with Crippen LogP contribution in [0.15, 0.2) is 51.9 Å². The van der Waals surface area contributed by atoms with Crippen molar-refractivity contribution in [2.45, 2.75) is 42.5 Å². The summed E-state index contributed by atoms with van der Waals surface area (Å²) in [5.74, 6) is -2.21. The number of rotatable bonds is 7. The molecule has 0 aromatic carbocycles. The Morgan fingerprint density at radius 3 is 2.50 bits per heavy atom. The molecular weight excluding hydrogens is 540 g/mol. The molecule has 208 valence electrons. The zero-order chi connectivity index (χ0) is 27.4. The third kappa shape index (κ3) is 10.9. The molecule has 0 amide bonds. The quantitative estimate of drug-likeness (QED) is 0.135. The molecular formula is C21H30N8O7S2. The van der Waals surface area contributed by atoms with Crippen LogP contribution in [0.3, 0.4) is 0 Å². The molecule has 0 saturated heterocycles. The summed E-state index contributed by atoms with van der Waals surface area (Å²) >= 11 is 1.41. The number of aromatic nitrogens is 2. The maximum Gasteiger partial charge on any atom is 0.328 e. The second-order valence-corrected chi connectivity index (χ2v) is 10.2. The molecule has 2 aromatic heterocycles. The number of nitrogens with one attached hydrogen (secondary N) is 4. The molecule has 10 N–H and O–H groups in total. The van der Waals surface area contributed by atoms with Crippen LogP contribution in [0.4, 0.5) is 5.13 Å². The van der Waals surface area contributed by atoms with Crippen LogP contribution >= 0.6 is 11.3 Å². The van der Waals surface area contributed by atoms with E-state index < -0.39 is 22.0 Å². The van der Waals surface area contributed by atoms with E-state index in [0.29, 0.717) is 17.3 Å². The van der Waals surface area contributed by atoms with E-state index >= 15 is 0 Å². The number of aliphatic carboxylic acids is 2. The van der Waals surface area contributed by atoms with Gasteiger partial charge in [0.15, 0.2) is 11.1 Å². The zero-order valence-corrected chi connectivity index (χ0v) is 21.9. The van der Waals surface area contributed by atoms with Crippen LogP contribution in [0.1, 0.15) is 37.3 Å². The molecule has 2 unspecified atom stereocenters. The number of nitrogens with two attached hydrogens (primary N) is 1. The van der Waals surface area contributed by atoms with Crippen LogP contribution in [0.2, 0.25) is 0 Å². The smallest absolute Gasteiger partial charge is 0.328 e. The van der Waals surface area contributed by atoms with Gasteiger partial charge in [-0.1, -0.05) is 6.42 Å².